The lowest BCUT2D eigenvalue weighted by atomic mass is 9.96. The summed E-state index contributed by atoms with van der Waals surface area (Å²) >= 11 is 12.1. The van der Waals surface area contributed by atoms with Crippen LogP contribution in [0.15, 0.2) is 29.2 Å². The number of hydrogen-bond donors (Lipinski definition) is 1. The van der Waals surface area contributed by atoms with Gasteiger partial charge >= 0.3 is 5.97 Å². The summed E-state index contributed by atoms with van der Waals surface area (Å²) in [5.41, 5.74) is 3.91. The Kier molecular flexibility index (Phi) is 11.3. The van der Waals surface area contributed by atoms with Crippen molar-refractivity contribution in [3.63, 3.8) is 0 Å². The van der Waals surface area contributed by atoms with Crippen molar-refractivity contribution in [3.8, 4) is 0 Å². The Morgan fingerprint density at radius 2 is 1.71 bits per heavy atom. The number of esters is 1. The van der Waals surface area contributed by atoms with E-state index in [1.165, 1.54) is 25.3 Å². The van der Waals surface area contributed by atoms with Crippen molar-refractivity contribution >= 4 is 62.2 Å². The molecule has 0 bridgehead atoms. The van der Waals surface area contributed by atoms with Gasteiger partial charge in [-0.15, -0.1) is 0 Å². The van der Waals surface area contributed by atoms with Gasteiger partial charge in [-0.3, -0.25) is 9.59 Å². The molecule has 2 aromatic heterocycles. The number of aryl methyl sites for hydroxylation is 3. The van der Waals surface area contributed by atoms with Gasteiger partial charge in [0.1, 0.15) is 23.4 Å². The van der Waals surface area contributed by atoms with E-state index in [0.717, 1.165) is 58.4 Å². The molecule has 1 aromatic carbocycles. The van der Waals surface area contributed by atoms with E-state index in [0.29, 0.717) is 25.4 Å². The molecule has 12 nitrogen and oxygen atoms in total. The monoisotopic (exact) mass is 720 g/mol. The molecule has 2 saturated heterocycles. The van der Waals surface area contributed by atoms with Crippen LogP contribution < -0.4 is 5.32 Å². The number of hydrogen-bond acceptors (Lipinski definition) is 8. The topological polar surface area (TPSA) is 144 Å². The molecule has 3 aromatic rings. The summed E-state index contributed by atoms with van der Waals surface area (Å²) in [6.07, 6.45) is 3.20. The summed E-state index contributed by atoms with van der Waals surface area (Å²) in [6.45, 7) is 8.21. The maximum absolute atomic E-state index is 13.4. The molecule has 48 heavy (non-hydrogen) atoms. The van der Waals surface area contributed by atoms with Gasteiger partial charge in [0.15, 0.2) is 5.65 Å². The highest BCUT2D eigenvalue weighted by Crippen LogP contribution is 2.30. The summed E-state index contributed by atoms with van der Waals surface area (Å²) in [7, 11) is -2.90. The number of likely N-dealkylation sites (tertiary alicyclic amines) is 1. The van der Waals surface area contributed by atoms with Crippen molar-refractivity contribution < 1.29 is 27.5 Å². The first kappa shape index (κ1) is 36.0. The van der Waals surface area contributed by atoms with Gasteiger partial charge < -0.3 is 19.5 Å². The molecule has 4 heterocycles. The summed E-state index contributed by atoms with van der Waals surface area (Å²) in [4.78, 5) is 50.6. The molecule has 2 atom stereocenters. The van der Waals surface area contributed by atoms with Crippen molar-refractivity contribution in [2.75, 3.05) is 26.7 Å². The Morgan fingerprint density at radius 1 is 1.02 bits per heavy atom. The number of nitrogens with one attached hydrogen (secondary N) is 1. The molecule has 260 valence electrons. The summed E-state index contributed by atoms with van der Waals surface area (Å²) < 4.78 is 35.1. The third-order valence-corrected chi connectivity index (χ3v) is 11.5. The van der Waals surface area contributed by atoms with E-state index in [1.54, 1.807) is 4.90 Å². The summed E-state index contributed by atoms with van der Waals surface area (Å²) in [6, 6.07) is 3.87. The Hall–Kier alpha value is -3.26. The maximum Gasteiger partial charge on any atom is 0.328 e. The zero-order chi connectivity index (χ0) is 34.7. The standard InChI is InChI=1S/C33H42Cl2N6O6S/c1-5-28-38-30-20(2)15-21(3)36-31(30)40(28)19-22-10-13-39(14-11-22)29(42)9-8-26(33(44)47-4)37-32(43)27-7-6-12-41(27)48(45,46)25-17-23(34)16-24(35)18-25/h15-18,22,26-27H,5-14,19H2,1-4H3,(H,37,43)/t26-,27-/m0/s1. The minimum atomic E-state index is -4.10. The Morgan fingerprint density at radius 3 is 2.35 bits per heavy atom. The summed E-state index contributed by atoms with van der Waals surface area (Å²) in [5, 5.41) is 2.96. The number of pyridine rings is 1. The van der Waals surface area contributed by atoms with Crippen LogP contribution >= 0.6 is 23.2 Å². The number of nitrogens with zero attached hydrogens (tertiary/aromatic N) is 5. The van der Waals surface area contributed by atoms with Gasteiger partial charge in [-0.25, -0.2) is 23.2 Å². The highest BCUT2D eigenvalue weighted by molar-refractivity contribution is 7.89. The number of methoxy groups -OCH3 is 1. The highest BCUT2D eigenvalue weighted by Gasteiger charge is 2.41. The van der Waals surface area contributed by atoms with Gasteiger partial charge in [0.05, 0.1) is 12.0 Å². The van der Waals surface area contributed by atoms with Gasteiger partial charge in [-0.2, -0.15) is 4.31 Å². The molecule has 15 heteroatoms. The number of fused-ring (bicyclic) bond motifs is 1. The van der Waals surface area contributed by atoms with E-state index in [9.17, 15) is 22.8 Å². The molecular formula is C33H42Cl2N6O6S. The second kappa shape index (κ2) is 15.1. The lowest BCUT2D eigenvalue weighted by molar-refractivity contribution is -0.146. The van der Waals surface area contributed by atoms with Crippen molar-refractivity contribution in [1.82, 2.24) is 29.1 Å². The number of aromatic nitrogens is 3. The number of carbonyl (C=O) groups is 3. The number of ether oxygens (including phenoxy) is 1. The SMILES string of the molecule is CCc1nc2c(C)cc(C)nc2n1CC1CCN(C(=O)CC[C@H](NC(=O)[C@@H]2CCCN2S(=O)(=O)c2cc(Cl)cc(Cl)c2)C(=O)OC)CC1. The van der Waals surface area contributed by atoms with Crippen LogP contribution in [0.1, 0.15) is 62.5 Å². The normalized spacial score (nSPS) is 18.3. The zero-order valence-corrected chi connectivity index (χ0v) is 30.0. The van der Waals surface area contributed by atoms with Gasteiger partial charge in [-0.05, 0) is 81.7 Å². The second-order valence-electron chi connectivity index (χ2n) is 12.6. The second-order valence-corrected chi connectivity index (χ2v) is 15.3. The predicted octanol–water partition coefficient (Wildman–Crippen LogP) is 4.45. The highest BCUT2D eigenvalue weighted by atomic mass is 35.5. The molecule has 2 fully saturated rings. The fourth-order valence-corrected chi connectivity index (χ4v) is 9.10. The van der Waals surface area contributed by atoms with E-state index in [4.69, 9.17) is 37.9 Å². The van der Waals surface area contributed by atoms with Crippen molar-refractivity contribution in [2.45, 2.75) is 89.2 Å². The van der Waals surface area contributed by atoms with Crippen LogP contribution in [0.3, 0.4) is 0 Å². The van der Waals surface area contributed by atoms with Crippen LogP contribution in [-0.2, 0) is 42.1 Å². The molecule has 5 rings (SSSR count). The third kappa shape index (κ3) is 7.79. The first-order valence-corrected chi connectivity index (χ1v) is 18.5. The average molecular weight is 722 g/mol. The van der Waals surface area contributed by atoms with Crippen LogP contribution in [-0.4, -0.2) is 88.8 Å². The first-order chi connectivity index (χ1) is 22.8. The van der Waals surface area contributed by atoms with Crippen molar-refractivity contribution in [2.24, 2.45) is 5.92 Å². The average Bonchev–Trinajstić information content (AvgIpc) is 3.68. The quantitative estimate of drug-likeness (QED) is 0.286. The molecule has 0 saturated carbocycles. The number of amides is 2. The molecule has 2 aliphatic rings. The molecule has 2 aliphatic heterocycles. The van der Waals surface area contributed by atoms with Gasteiger partial charge in [0, 0.05) is 54.8 Å². The molecule has 1 N–H and O–H groups in total. The van der Waals surface area contributed by atoms with Crippen molar-refractivity contribution in [1.29, 1.82) is 0 Å². The number of benzene rings is 1. The van der Waals surface area contributed by atoms with Gasteiger partial charge in [0.2, 0.25) is 21.8 Å². The number of imidazole rings is 1. The van der Waals surface area contributed by atoms with Crippen LogP contribution in [0.4, 0.5) is 0 Å². The van der Waals surface area contributed by atoms with Crippen LogP contribution in [0.25, 0.3) is 11.2 Å². The zero-order valence-electron chi connectivity index (χ0n) is 27.7. The Labute approximate surface area is 291 Å². The number of rotatable bonds is 11. The largest absolute Gasteiger partial charge is 0.467 e. The fourth-order valence-electron chi connectivity index (χ4n) is 6.72. The fraction of sp³-hybridized carbons (Fsp3) is 0.545. The van der Waals surface area contributed by atoms with E-state index >= 15 is 0 Å². The number of piperidine rings is 1. The minimum Gasteiger partial charge on any atom is -0.467 e. The third-order valence-electron chi connectivity index (χ3n) is 9.22. The minimum absolute atomic E-state index is 0.0196. The molecule has 0 unspecified atom stereocenters. The number of carbonyl (C=O) groups excluding carboxylic acids is 3. The Balaban J connectivity index is 1.17. The molecule has 0 spiro atoms. The van der Waals surface area contributed by atoms with Gasteiger partial charge in [0.25, 0.3) is 0 Å². The lowest BCUT2D eigenvalue weighted by Gasteiger charge is -2.33. The van der Waals surface area contributed by atoms with E-state index < -0.39 is 34.0 Å². The summed E-state index contributed by atoms with van der Waals surface area (Å²) in [5.74, 6) is -0.0916. The van der Waals surface area contributed by atoms with E-state index in [-0.39, 0.29) is 46.7 Å². The van der Waals surface area contributed by atoms with Crippen LogP contribution in [0, 0.1) is 19.8 Å². The van der Waals surface area contributed by atoms with Crippen LogP contribution in [0.5, 0.6) is 0 Å². The number of halogens is 2. The molecule has 0 aliphatic carbocycles. The van der Waals surface area contributed by atoms with Crippen molar-refractivity contribution in [3.05, 3.63) is 51.4 Å². The molecule has 2 amide bonds. The van der Waals surface area contributed by atoms with E-state index in [2.05, 4.69) is 23.7 Å². The Bertz CT molecular complexity index is 1790. The number of sulfonamides is 1. The maximum atomic E-state index is 13.4. The van der Waals surface area contributed by atoms with Gasteiger partial charge in [-0.1, -0.05) is 30.1 Å². The van der Waals surface area contributed by atoms with Crippen LogP contribution in [0.2, 0.25) is 10.0 Å². The predicted molar refractivity (Wildman–Crippen MR) is 182 cm³/mol. The molecular weight excluding hydrogens is 679 g/mol. The molecule has 0 radical (unpaired) electrons. The lowest BCUT2D eigenvalue weighted by Crippen LogP contribution is -2.51. The first-order valence-electron chi connectivity index (χ1n) is 16.3. The smallest absolute Gasteiger partial charge is 0.328 e. The van der Waals surface area contributed by atoms with E-state index in [1.807, 2.05) is 13.0 Å².